The number of ketones is 1. The molecule has 0 amide bonds. The van der Waals surface area contributed by atoms with Crippen LogP contribution in [-0.4, -0.2) is 11.8 Å². The summed E-state index contributed by atoms with van der Waals surface area (Å²) in [6.07, 6.45) is 2.39. The van der Waals surface area contributed by atoms with Crippen LogP contribution in [0.15, 0.2) is 24.3 Å². The first kappa shape index (κ1) is 13.9. The maximum Gasteiger partial charge on any atom is 0.162 e. The Hall–Kier alpha value is -1.15. The Morgan fingerprint density at radius 1 is 1.18 bits per heavy atom. The van der Waals surface area contributed by atoms with E-state index >= 15 is 0 Å². The van der Waals surface area contributed by atoms with E-state index in [1.165, 1.54) is 5.56 Å². The zero-order valence-electron chi connectivity index (χ0n) is 11.1. The average Bonchev–Trinajstić information content (AvgIpc) is 2.28. The maximum absolute atomic E-state index is 11.9. The molecule has 1 unspecified atom stereocenters. The number of rotatable bonds is 6. The van der Waals surface area contributed by atoms with Crippen molar-refractivity contribution in [2.75, 3.05) is 0 Å². The van der Waals surface area contributed by atoms with Crippen molar-refractivity contribution in [1.82, 2.24) is 0 Å². The Bertz CT molecular complexity index is 352. The molecule has 17 heavy (non-hydrogen) atoms. The van der Waals surface area contributed by atoms with Gasteiger partial charge in [-0.2, -0.15) is 0 Å². The molecule has 2 nitrogen and oxygen atoms in total. The van der Waals surface area contributed by atoms with Crippen LogP contribution < -0.4 is 5.73 Å². The van der Waals surface area contributed by atoms with Crippen molar-refractivity contribution < 1.29 is 4.79 Å². The molecule has 1 aromatic rings. The molecule has 0 aliphatic rings. The highest BCUT2D eigenvalue weighted by Gasteiger charge is 2.07. The third kappa shape index (κ3) is 4.70. The molecule has 0 radical (unpaired) electrons. The molecule has 0 aliphatic carbocycles. The van der Waals surface area contributed by atoms with Crippen LogP contribution >= 0.6 is 0 Å². The number of nitrogens with two attached hydrogens (primary N) is 1. The van der Waals surface area contributed by atoms with Crippen molar-refractivity contribution in [1.29, 1.82) is 0 Å². The van der Waals surface area contributed by atoms with Crippen LogP contribution in [0.25, 0.3) is 0 Å². The van der Waals surface area contributed by atoms with Gasteiger partial charge in [0.25, 0.3) is 0 Å². The van der Waals surface area contributed by atoms with Gasteiger partial charge in [0, 0.05) is 18.0 Å². The SMILES string of the molecule is CC(N)CCCC(=O)c1ccc(C(C)C)cc1. The second-order valence-corrected chi connectivity index (χ2v) is 5.07. The Kier molecular flexibility index (Phi) is 5.36. The van der Waals surface area contributed by atoms with Crippen LogP contribution in [0, 0.1) is 0 Å². The monoisotopic (exact) mass is 233 g/mol. The van der Waals surface area contributed by atoms with Crippen LogP contribution in [0.2, 0.25) is 0 Å². The van der Waals surface area contributed by atoms with Gasteiger partial charge >= 0.3 is 0 Å². The molecule has 0 fully saturated rings. The smallest absolute Gasteiger partial charge is 0.162 e. The minimum absolute atomic E-state index is 0.186. The molecule has 0 aromatic heterocycles. The topological polar surface area (TPSA) is 43.1 Å². The summed E-state index contributed by atoms with van der Waals surface area (Å²) in [7, 11) is 0. The molecule has 0 saturated carbocycles. The zero-order valence-corrected chi connectivity index (χ0v) is 11.1. The van der Waals surface area contributed by atoms with Crippen molar-refractivity contribution in [3.05, 3.63) is 35.4 Å². The van der Waals surface area contributed by atoms with Crippen molar-refractivity contribution in [3.63, 3.8) is 0 Å². The Balaban J connectivity index is 2.52. The minimum atomic E-state index is 0.186. The maximum atomic E-state index is 11.9. The molecule has 0 bridgehead atoms. The predicted octanol–water partition coefficient (Wildman–Crippen LogP) is 3.51. The number of carbonyl (C=O) groups is 1. The molecule has 1 aromatic carbocycles. The first-order valence-corrected chi connectivity index (χ1v) is 6.39. The lowest BCUT2D eigenvalue weighted by Crippen LogP contribution is -2.14. The largest absolute Gasteiger partial charge is 0.328 e. The molecule has 0 saturated heterocycles. The van der Waals surface area contributed by atoms with E-state index in [0.717, 1.165) is 18.4 Å². The molecule has 0 spiro atoms. The highest BCUT2D eigenvalue weighted by Crippen LogP contribution is 2.16. The summed E-state index contributed by atoms with van der Waals surface area (Å²) in [5, 5.41) is 0. The summed E-state index contributed by atoms with van der Waals surface area (Å²) in [5.74, 6) is 0.734. The molecule has 2 heteroatoms. The van der Waals surface area contributed by atoms with Gasteiger partial charge < -0.3 is 5.73 Å². The van der Waals surface area contributed by atoms with E-state index in [1.54, 1.807) is 0 Å². The third-order valence-corrected chi connectivity index (χ3v) is 2.96. The van der Waals surface area contributed by atoms with Crippen LogP contribution in [0.5, 0.6) is 0 Å². The van der Waals surface area contributed by atoms with Crippen LogP contribution in [-0.2, 0) is 0 Å². The van der Waals surface area contributed by atoms with E-state index in [9.17, 15) is 4.79 Å². The summed E-state index contributed by atoms with van der Waals surface area (Å²) >= 11 is 0. The lowest BCUT2D eigenvalue weighted by Gasteiger charge is -2.07. The van der Waals surface area contributed by atoms with Crippen LogP contribution in [0.1, 0.15) is 61.9 Å². The molecular weight excluding hydrogens is 210 g/mol. The number of hydrogen-bond donors (Lipinski definition) is 1. The van der Waals surface area contributed by atoms with E-state index in [-0.39, 0.29) is 11.8 Å². The van der Waals surface area contributed by atoms with Gasteiger partial charge in [0.2, 0.25) is 0 Å². The molecule has 0 aliphatic heterocycles. The Labute approximate surface area is 104 Å². The average molecular weight is 233 g/mol. The third-order valence-electron chi connectivity index (χ3n) is 2.96. The van der Waals surface area contributed by atoms with Crippen molar-refractivity contribution in [2.45, 2.75) is 52.0 Å². The standard InChI is InChI=1S/C15H23NO/c1-11(2)13-7-9-14(10-8-13)15(17)6-4-5-12(3)16/h7-12H,4-6,16H2,1-3H3. The number of Topliss-reactive ketones (excluding diaryl/α,β-unsaturated/α-hetero) is 1. The summed E-state index contributed by atoms with van der Waals surface area (Å²) in [6.45, 7) is 6.28. The molecular formula is C15H23NO. The number of hydrogen-bond acceptors (Lipinski definition) is 2. The normalized spacial score (nSPS) is 12.8. The zero-order chi connectivity index (χ0) is 12.8. The summed E-state index contributed by atoms with van der Waals surface area (Å²) in [6, 6.07) is 8.14. The molecule has 94 valence electrons. The number of carbonyl (C=O) groups excluding carboxylic acids is 1. The fraction of sp³-hybridized carbons (Fsp3) is 0.533. The minimum Gasteiger partial charge on any atom is -0.328 e. The van der Waals surface area contributed by atoms with Gasteiger partial charge in [-0.05, 0) is 31.2 Å². The second kappa shape index (κ2) is 6.55. The van der Waals surface area contributed by atoms with Crippen LogP contribution in [0.4, 0.5) is 0 Å². The van der Waals surface area contributed by atoms with Gasteiger partial charge in [-0.3, -0.25) is 4.79 Å². The van der Waals surface area contributed by atoms with E-state index in [2.05, 4.69) is 13.8 Å². The Morgan fingerprint density at radius 2 is 1.76 bits per heavy atom. The van der Waals surface area contributed by atoms with E-state index in [0.29, 0.717) is 12.3 Å². The van der Waals surface area contributed by atoms with Gasteiger partial charge in [-0.25, -0.2) is 0 Å². The van der Waals surface area contributed by atoms with Gasteiger partial charge in [0.1, 0.15) is 0 Å². The molecule has 1 rings (SSSR count). The van der Waals surface area contributed by atoms with E-state index in [4.69, 9.17) is 5.73 Å². The first-order chi connectivity index (χ1) is 8.00. The van der Waals surface area contributed by atoms with Crippen molar-refractivity contribution >= 4 is 5.78 Å². The summed E-state index contributed by atoms with van der Waals surface area (Å²) < 4.78 is 0. The fourth-order valence-corrected chi connectivity index (χ4v) is 1.78. The molecule has 2 N–H and O–H groups in total. The Morgan fingerprint density at radius 3 is 2.24 bits per heavy atom. The van der Waals surface area contributed by atoms with Crippen molar-refractivity contribution in [2.24, 2.45) is 5.73 Å². The lowest BCUT2D eigenvalue weighted by atomic mass is 9.98. The number of benzene rings is 1. The highest BCUT2D eigenvalue weighted by atomic mass is 16.1. The molecule has 0 heterocycles. The molecule has 1 atom stereocenters. The second-order valence-electron chi connectivity index (χ2n) is 5.07. The summed E-state index contributed by atoms with van der Waals surface area (Å²) in [5.41, 5.74) is 7.75. The highest BCUT2D eigenvalue weighted by molar-refractivity contribution is 5.96. The summed E-state index contributed by atoms with van der Waals surface area (Å²) in [4.78, 5) is 11.9. The van der Waals surface area contributed by atoms with Gasteiger partial charge in [0.15, 0.2) is 5.78 Å². The van der Waals surface area contributed by atoms with Crippen LogP contribution in [0.3, 0.4) is 0 Å². The lowest BCUT2D eigenvalue weighted by molar-refractivity contribution is 0.0979. The van der Waals surface area contributed by atoms with Gasteiger partial charge in [-0.15, -0.1) is 0 Å². The van der Waals surface area contributed by atoms with Gasteiger partial charge in [0.05, 0.1) is 0 Å². The fourth-order valence-electron chi connectivity index (χ4n) is 1.78. The van der Waals surface area contributed by atoms with Gasteiger partial charge in [-0.1, -0.05) is 38.1 Å². The van der Waals surface area contributed by atoms with E-state index in [1.807, 2.05) is 31.2 Å². The van der Waals surface area contributed by atoms with E-state index < -0.39 is 0 Å². The predicted molar refractivity (Wildman–Crippen MR) is 72.4 cm³/mol. The first-order valence-electron chi connectivity index (χ1n) is 6.39. The van der Waals surface area contributed by atoms with Crippen molar-refractivity contribution in [3.8, 4) is 0 Å². The quantitative estimate of drug-likeness (QED) is 0.764.